The predicted octanol–water partition coefficient (Wildman–Crippen LogP) is 6.91. The molecule has 4 rings (SSSR count). The molecule has 0 unspecified atom stereocenters. The van der Waals surface area contributed by atoms with Crippen LogP contribution in [0.1, 0.15) is 48.3 Å². The summed E-state index contributed by atoms with van der Waals surface area (Å²) in [5.41, 5.74) is 5.50. The number of carbonyl (C=O) groups excluding carboxylic acids is 2. The van der Waals surface area contributed by atoms with Crippen molar-refractivity contribution in [3.05, 3.63) is 94.1 Å². The Morgan fingerprint density at radius 2 is 1.71 bits per heavy atom. The Kier molecular flexibility index (Phi) is 7.17. The van der Waals surface area contributed by atoms with Crippen LogP contribution in [0.3, 0.4) is 0 Å². The second-order valence-corrected chi connectivity index (χ2v) is 9.52. The minimum atomic E-state index is -0.423. The lowest BCUT2D eigenvalue weighted by Gasteiger charge is -2.11. The van der Waals surface area contributed by atoms with Crippen LogP contribution in [-0.4, -0.2) is 21.7 Å². The Morgan fingerprint density at radius 1 is 1.00 bits per heavy atom. The maximum absolute atomic E-state index is 12.6. The van der Waals surface area contributed by atoms with Gasteiger partial charge in [0.1, 0.15) is 0 Å². The first-order valence-electron chi connectivity index (χ1n) is 11.3. The van der Waals surface area contributed by atoms with E-state index in [0.29, 0.717) is 17.1 Å². The number of hydrogen-bond acceptors (Lipinski definition) is 4. The van der Waals surface area contributed by atoms with Crippen LogP contribution < -0.4 is 10.1 Å². The first-order chi connectivity index (χ1) is 16.7. The van der Waals surface area contributed by atoms with Crippen LogP contribution in [0.5, 0.6) is 5.88 Å². The second-order valence-electron chi connectivity index (χ2n) is 8.61. The normalized spacial score (nSPS) is 10.9. The number of benzene rings is 3. The molecule has 0 aliphatic rings. The number of anilines is 1. The minimum absolute atomic E-state index is 0.0845. The summed E-state index contributed by atoms with van der Waals surface area (Å²) in [6.45, 7) is 7.49. The van der Waals surface area contributed by atoms with Crippen LogP contribution in [0.15, 0.2) is 77.3 Å². The molecule has 35 heavy (non-hydrogen) atoms. The van der Waals surface area contributed by atoms with Crippen molar-refractivity contribution in [1.82, 2.24) is 9.78 Å². The minimum Gasteiger partial charge on any atom is -0.407 e. The molecule has 7 heteroatoms. The van der Waals surface area contributed by atoms with E-state index < -0.39 is 5.97 Å². The molecule has 178 valence electrons. The van der Waals surface area contributed by atoms with Crippen LogP contribution in [0.25, 0.3) is 16.8 Å². The van der Waals surface area contributed by atoms with Crippen molar-refractivity contribution in [1.29, 1.82) is 0 Å². The zero-order chi connectivity index (χ0) is 25.1. The van der Waals surface area contributed by atoms with E-state index in [4.69, 9.17) is 9.84 Å². The Hall–Kier alpha value is -3.71. The summed E-state index contributed by atoms with van der Waals surface area (Å²) in [7, 11) is 0. The topological polar surface area (TPSA) is 73.2 Å². The first-order valence-corrected chi connectivity index (χ1v) is 12.1. The van der Waals surface area contributed by atoms with Gasteiger partial charge in [-0.2, -0.15) is 9.78 Å². The Balaban J connectivity index is 1.74. The van der Waals surface area contributed by atoms with Gasteiger partial charge in [-0.05, 0) is 66.4 Å². The van der Waals surface area contributed by atoms with Crippen LogP contribution >= 0.6 is 15.9 Å². The number of amides is 1. The van der Waals surface area contributed by atoms with Gasteiger partial charge in [0, 0.05) is 22.6 Å². The average molecular weight is 532 g/mol. The summed E-state index contributed by atoms with van der Waals surface area (Å²) >= 11 is 3.39. The zero-order valence-corrected chi connectivity index (χ0v) is 21.6. The summed E-state index contributed by atoms with van der Waals surface area (Å²) < 4.78 is 8.23. The molecule has 0 aliphatic heterocycles. The summed E-state index contributed by atoms with van der Waals surface area (Å²) in [5.74, 6) is -0.165. The number of aromatic nitrogens is 2. The second kappa shape index (κ2) is 10.3. The molecule has 4 aromatic rings. The summed E-state index contributed by atoms with van der Waals surface area (Å²) in [4.78, 5) is 24.7. The fourth-order valence-corrected chi connectivity index (χ4v) is 4.21. The molecule has 0 saturated heterocycles. The molecular formula is C28H26BrN3O3. The predicted molar refractivity (Wildman–Crippen MR) is 141 cm³/mol. The number of nitrogens with zero attached hydrogens (tertiary/aromatic N) is 2. The highest BCUT2D eigenvalue weighted by molar-refractivity contribution is 9.10. The Morgan fingerprint density at radius 3 is 2.34 bits per heavy atom. The van der Waals surface area contributed by atoms with Gasteiger partial charge in [0.15, 0.2) is 0 Å². The molecular weight excluding hydrogens is 506 g/mol. The van der Waals surface area contributed by atoms with Crippen molar-refractivity contribution in [2.75, 3.05) is 5.32 Å². The SMILES string of the molecule is CC(=O)Oc1c(-c2ccc(NC(=O)c3cccc(Br)c3)cc2)c(C(C)C)nn1-c1cccc(C)c1. The van der Waals surface area contributed by atoms with Crippen LogP contribution in [0.4, 0.5) is 5.69 Å². The monoisotopic (exact) mass is 531 g/mol. The van der Waals surface area contributed by atoms with E-state index in [9.17, 15) is 9.59 Å². The van der Waals surface area contributed by atoms with Crippen LogP contribution in [-0.2, 0) is 4.79 Å². The number of rotatable bonds is 6. The van der Waals surface area contributed by atoms with E-state index in [1.807, 2.05) is 67.6 Å². The van der Waals surface area contributed by atoms with Crippen LogP contribution in [0.2, 0.25) is 0 Å². The fraction of sp³-hybridized carbons (Fsp3) is 0.179. The van der Waals surface area contributed by atoms with E-state index >= 15 is 0 Å². The number of carbonyl (C=O) groups is 2. The molecule has 3 aromatic carbocycles. The molecule has 0 bridgehead atoms. The summed E-state index contributed by atoms with van der Waals surface area (Å²) in [5, 5.41) is 7.75. The van der Waals surface area contributed by atoms with Crippen molar-refractivity contribution in [3.63, 3.8) is 0 Å². The average Bonchev–Trinajstić information content (AvgIpc) is 3.18. The third kappa shape index (κ3) is 5.52. The first kappa shape index (κ1) is 24.4. The molecule has 0 radical (unpaired) electrons. The number of hydrogen-bond donors (Lipinski definition) is 1. The van der Waals surface area contributed by atoms with Crippen molar-refractivity contribution < 1.29 is 14.3 Å². The molecule has 0 fully saturated rings. The van der Waals surface area contributed by atoms with Gasteiger partial charge in [0.2, 0.25) is 5.88 Å². The maximum atomic E-state index is 12.6. The number of aryl methyl sites for hydroxylation is 1. The molecule has 1 aromatic heterocycles. The third-order valence-corrected chi connectivity index (χ3v) is 5.92. The van der Waals surface area contributed by atoms with Gasteiger partial charge >= 0.3 is 5.97 Å². The molecule has 1 amide bonds. The quantitative estimate of drug-likeness (QED) is 0.274. The van der Waals surface area contributed by atoms with Gasteiger partial charge in [-0.3, -0.25) is 9.59 Å². The molecule has 1 N–H and O–H groups in total. The molecule has 0 aliphatic carbocycles. The van der Waals surface area contributed by atoms with E-state index in [1.165, 1.54) is 6.92 Å². The third-order valence-electron chi connectivity index (χ3n) is 5.42. The summed E-state index contributed by atoms with van der Waals surface area (Å²) in [6, 6.07) is 22.5. The Labute approximate surface area is 213 Å². The van der Waals surface area contributed by atoms with Gasteiger partial charge in [-0.15, -0.1) is 0 Å². The van der Waals surface area contributed by atoms with E-state index in [2.05, 4.69) is 35.1 Å². The van der Waals surface area contributed by atoms with E-state index in [-0.39, 0.29) is 11.8 Å². The van der Waals surface area contributed by atoms with Gasteiger partial charge in [0.25, 0.3) is 5.91 Å². The standard InChI is InChI=1S/C28H26BrN3O3/c1-17(2)26-25(28(35-19(4)33)32(31-26)24-10-5-7-18(3)15-24)20-11-13-23(14-12-20)30-27(34)21-8-6-9-22(29)16-21/h5-17H,1-4H3,(H,30,34). The molecule has 6 nitrogen and oxygen atoms in total. The van der Waals surface area contributed by atoms with Gasteiger partial charge in [0.05, 0.1) is 16.9 Å². The highest BCUT2D eigenvalue weighted by Gasteiger charge is 2.25. The van der Waals surface area contributed by atoms with Crippen molar-refractivity contribution in [2.45, 2.75) is 33.6 Å². The van der Waals surface area contributed by atoms with Gasteiger partial charge in [-0.1, -0.05) is 60.1 Å². The van der Waals surface area contributed by atoms with E-state index in [0.717, 1.165) is 32.5 Å². The maximum Gasteiger partial charge on any atom is 0.309 e. The van der Waals surface area contributed by atoms with Gasteiger partial charge < -0.3 is 10.1 Å². The Bertz CT molecular complexity index is 1390. The fourth-order valence-electron chi connectivity index (χ4n) is 3.81. The number of nitrogens with one attached hydrogen (secondary N) is 1. The molecule has 0 atom stereocenters. The lowest BCUT2D eigenvalue weighted by molar-refractivity contribution is -0.132. The largest absolute Gasteiger partial charge is 0.407 e. The summed E-state index contributed by atoms with van der Waals surface area (Å²) in [6.07, 6.45) is 0. The smallest absolute Gasteiger partial charge is 0.309 e. The van der Waals surface area contributed by atoms with Crippen LogP contribution in [0, 0.1) is 6.92 Å². The zero-order valence-electron chi connectivity index (χ0n) is 20.0. The number of esters is 1. The molecule has 0 saturated carbocycles. The highest BCUT2D eigenvalue weighted by Crippen LogP contribution is 2.39. The van der Waals surface area contributed by atoms with Crippen molar-refractivity contribution in [3.8, 4) is 22.7 Å². The lowest BCUT2D eigenvalue weighted by atomic mass is 9.99. The molecule has 1 heterocycles. The molecule has 0 spiro atoms. The number of halogens is 1. The van der Waals surface area contributed by atoms with Gasteiger partial charge in [-0.25, -0.2) is 0 Å². The van der Waals surface area contributed by atoms with Crippen molar-refractivity contribution in [2.24, 2.45) is 0 Å². The lowest BCUT2D eigenvalue weighted by Crippen LogP contribution is -2.11. The number of ether oxygens (including phenoxy) is 1. The highest BCUT2D eigenvalue weighted by atomic mass is 79.9. The van der Waals surface area contributed by atoms with Crippen molar-refractivity contribution >= 4 is 33.5 Å². The van der Waals surface area contributed by atoms with E-state index in [1.54, 1.807) is 16.8 Å².